The summed E-state index contributed by atoms with van der Waals surface area (Å²) in [5.41, 5.74) is 11.3. The van der Waals surface area contributed by atoms with Crippen LogP contribution in [0.1, 0.15) is 51.9 Å². The Morgan fingerprint density at radius 3 is 2.46 bits per heavy atom. The second-order valence-corrected chi connectivity index (χ2v) is 9.69. The maximum atomic E-state index is 12.2. The zero-order valence-electron chi connectivity index (χ0n) is 20.9. The molecule has 6 heteroatoms. The molecule has 0 aliphatic carbocycles. The van der Waals surface area contributed by atoms with Gasteiger partial charge in [-0.1, -0.05) is 61.9 Å². The van der Waals surface area contributed by atoms with Gasteiger partial charge < -0.3 is 19.8 Å². The fourth-order valence-electron chi connectivity index (χ4n) is 4.08. The van der Waals surface area contributed by atoms with Gasteiger partial charge in [-0.15, -0.1) is 0 Å². The third kappa shape index (κ3) is 5.83. The lowest BCUT2D eigenvalue weighted by Crippen LogP contribution is -2.26. The summed E-state index contributed by atoms with van der Waals surface area (Å²) in [4.78, 5) is 17.1. The third-order valence-electron chi connectivity index (χ3n) is 5.71. The Hall–Kier alpha value is -3.80. The van der Waals surface area contributed by atoms with E-state index in [-0.39, 0.29) is 0 Å². The average molecular weight is 472 g/mol. The van der Waals surface area contributed by atoms with Gasteiger partial charge in [-0.2, -0.15) is 0 Å². The molecule has 1 aromatic heterocycles. The highest BCUT2D eigenvalue weighted by molar-refractivity contribution is 5.88. The summed E-state index contributed by atoms with van der Waals surface area (Å²) in [5, 5.41) is 0. The van der Waals surface area contributed by atoms with Crippen molar-refractivity contribution in [1.29, 1.82) is 0 Å². The van der Waals surface area contributed by atoms with Crippen LogP contribution in [-0.2, 0) is 17.7 Å². The molecule has 4 rings (SSSR count). The number of hydrogen-bond donors (Lipinski definition) is 1. The quantitative estimate of drug-likeness (QED) is 0.178. The van der Waals surface area contributed by atoms with Gasteiger partial charge >= 0.3 is 6.16 Å². The summed E-state index contributed by atoms with van der Waals surface area (Å²) in [6.07, 6.45) is 2.39. The van der Waals surface area contributed by atoms with Crippen LogP contribution in [0.4, 0.5) is 10.5 Å². The molecule has 3 aromatic carbocycles. The Kier molecular flexibility index (Phi) is 7.10. The second kappa shape index (κ2) is 10.2. The first-order chi connectivity index (χ1) is 16.7. The van der Waals surface area contributed by atoms with Crippen LogP contribution in [0.15, 0.2) is 66.7 Å². The fourth-order valence-corrected chi connectivity index (χ4v) is 4.08. The SMILES string of the molecule is CCCCc1nc2cccc(N)c2n1Cc1ccc(-c2ccccc2OC(=O)OC(C)(C)C)cc1. The van der Waals surface area contributed by atoms with Crippen molar-refractivity contribution < 1.29 is 14.3 Å². The van der Waals surface area contributed by atoms with Crippen LogP contribution < -0.4 is 10.5 Å². The van der Waals surface area contributed by atoms with Gasteiger partial charge in [0.05, 0.1) is 16.7 Å². The van der Waals surface area contributed by atoms with Crippen LogP contribution >= 0.6 is 0 Å². The van der Waals surface area contributed by atoms with Crippen molar-refractivity contribution in [2.45, 2.75) is 59.1 Å². The molecular weight excluding hydrogens is 438 g/mol. The number of hydrogen-bond acceptors (Lipinski definition) is 5. The Labute approximate surface area is 206 Å². The number of unbranched alkanes of at least 4 members (excludes halogenated alkanes) is 1. The number of benzene rings is 3. The number of aryl methyl sites for hydroxylation is 1. The van der Waals surface area contributed by atoms with Gasteiger partial charge in [-0.3, -0.25) is 0 Å². The Bertz CT molecular complexity index is 1320. The van der Waals surface area contributed by atoms with Gasteiger partial charge in [0.15, 0.2) is 0 Å². The van der Waals surface area contributed by atoms with Crippen LogP contribution in [0.5, 0.6) is 5.75 Å². The van der Waals surface area contributed by atoms with Crippen LogP contribution in [-0.4, -0.2) is 21.3 Å². The monoisotopic (exact) mass is 471 g/mol. The Morgan fingerprint density at radius 1 is 1.00 bits per heavy atom. The molecule has 182 valence electrons. The maximum absolute atomic E-state index is 12.2. The number of carbonyl (C=O) groups excluding carboxylic acids is 1. The number of ether oxygens (including phenoxy) is 2. The molecule has 0 amide bonds. The minimum atomic E-state index is -0.717. The average Bonchev–Trinajstić information content (AvgIpc) is 3.16. The zero-order chi connectivity index (χ0) is 25.0. The van der Waals surface area contributed by atoms with Crippen molar-refractivity contribution in [2.75, 3.05) is 5.73 Å². The number of nitrogen functional groups attached to an aromatic ring is 1. The minimum Gasteiger partial charge on any atom is -0.428 e. The second-order valence-electron chi connectivity index (χ2n) is 9.69. The molecule has 4 aromatic rings. The fraction of sp³-hybridized carbons (Fsp3) is 0.310. The van der Waals surface area contributed by atoms with Crippen LogP contribution in [0.2, 0.25) is 0 Å². The molecular formula is C29H33N3O3. The molecule has 0 radical (unpaired) electrons. The molecule has 6 nitrogen and oxygen atoms in total. The lowest BCUT2D eigenvalue weighted by atomic mass is 10.0. The van der Waals surface area contributed by atoms with Gasteiger partial charge in [0.1, 0.15) is 17.2 Å². The molecule has 0 unspecified atom stereocenters. The summed E-state index contributed by atoms with van der Waals surface area (Å²) in [6, 6.07) is 21.6. The predicted octanol–water partition coefficient (Wildman–Crippen LogP) is 6.99. The van der Waals surface area contributed by atoms with Crippen molar-refractivity contribution >= 4 is 22.9 Å². The van der Waals surface area contributed by atoms with Gasteiger partial charge in [-0.25, -0.2) is 9.78 Å². The molecule has 0 bridgehead atoms. The number of carbonyl (C=O) groups is 1. The van der Waals surface area contributed by atoms with E-state index in [1.165, 1.54) is 0 Å². The zero-order valence-corrected chi connectivity index (χ0v) is 20.9. The van der Waals surface area contributed by atoms with E-state index >= 15 is 0 Å². The van der Waals surface area contributed by atoms with Crippen LogP contribution in [0.3, 0.4) is 0 Å². The van der Waals surface area contributed by atoms with E-state index in [1.807, 2.05) is 69.3 Å². The third-order valence-corrected chi connectivity index (χ3v) is 5.71. The highest BCUT2D eigenvalue weighted by Crippen LogP contribution is 2.31. The normalized spacial score (nSPS) is 11.5. The molecule has 0 saturated heterocycles. The molecule has 0 spiro atoms. The number of rotatable bonds is 7. The van der Waals surface area contributed by atoms with E-state index in [0.29, 0.717) is 12.3 Å². The lowest BCUT2D eigenvalue weighted by molar-refractivity contribution is 0.0207. The smallest absolute Gasteiger partial charge is 0.428 e. The van der Waals surface area contributed by atoms with Gasteiger partial charge in [0.25, 0.3) is 0 Å². The van der Waals surface area contributed by atoms with Crippen LogP contribution in [0, 0.1) is 0 Å². The van der Waals surface area contributed by atoms with Crippen LogP contribution in [0.25, 0.3) is 22.2 Å². The molecule has 1 heterocycles. The molecule has 0 aliphatic heterocycles. The maximum Gasteiger partial charge on any atom is 0.514 e. The predicted molar refractivity (Wildman–Crippen MR) is 141 cm³/mol. The number of nitrogens with two attached hydrogens (primary N) is 1. The molecule has 0 aliphatic rings. The number of aromatic nitrogens is 2. The molecule has 2 N–H and O–H groups in total. The van der Waals surface area contributed by atoms with Crippen molar-refractivity contribution in [3.05, 3.63) is 78.1 Å². The number of anilines is 1. The van der Waals surface area contributed by atoms with Crippen molar-refractivity contribution in [2.24, 2.45) is 0 Å². The number of imidazole rings is 1. The van der Waals surface area contributed by atoms with Gasteiger partial charge in [0.2, 0.25) is 0 Å². The highest BCUT2D eigenvalue weighted by atomic mass is 16.7. The van der Waals surface area contributed by atoms with Gasteiger partial charge in [0, 0.05) is 18.5 Å². The summed E-state index contributed by atoms with van der Waals surface area (Å²) in [7, 11) is 0. The van der Waals surface area contributed by atoms with E-state index in [1.54, 1.807) is 6.07 Å². The number of fused-ring (bicyclic) bond motifs is 1. The summed E-state index contributed by atoms with van der Waals surface area (Å²) in [6.45, 7) is 8.29. The van der Waals surface area contributed by atoms with E-state index < -0.39 is 11.8 Å². The van der Waals surface area contributed by atoms with E-state index in [9.17, 15) is 4.79 Å². The first kappa shape index (κ1) is 24.3. The molecule has 0 fully saturated rings. The number of para-hydroxylation sites is 2. The molecule has 0 atom stereocenters. The molecule has 0 saturated carbocycles. The standard InChI is InChI=1S/C29H33N3O3/c1-5-6-14-26-31-24-12-9-11-23(30)27(24)32(26)19-20-15-17-21(18-16-20)22-10-7-8-13-25(22)34-28(33)35-29(2,3)4/h7-13,15-18H,5-6,14,19,30H2,1-4H3. The topological polar surface area (TPSA) is 79.4 Å². The summed E-state index contributed by atoms with van der Waals surface area (Å²) < 4.78 is 13.1. The van der Waals surface area contributed by atoms with Crippen molar-refractivity contribution in [3.63, 3.8) is 0 Å². The lowest BCUT2D eigenvalue weighted by Gasteiger charge is -2.19. The largest absolute Gasteiger partial charge is 0.514 e. The van der Waals surface area contributed by atoms with E-state index in [0.717, 1.165) is 58.5 Å². The van der Waals surface area contributed by atoms with Crippen molar-refractivity contribution in [1.82, 2.24) is 9.55 Å². The summed E-state index contributed by atoms with van der Waals surface area (Å²) in [5.74, 6) is 1.52. The minimum absolute atomic E-state index is 0.463. The molecule has 35 heavy (non-hydrogen) atoms. The van der Waals surface area contributed by atoms with E-state index in [2.05, 4.69) is 23.6 Å². The first-order valence-corrected chi connectivity index (χ1v) is 12.1. The van der Waals surface area contributed by atoms with E-state index in [4.69, 9.17) is 20.2 Å². The van der Waals surface area contributed by atoms with Gasteiger partial charge in [-0.05, 0) is 56.5 Å². The summed E-state index contributed by atoms with van der Waals surface area (Å²) >= 11 is 0. The van der Waals surface area contributed by atoms with Crippen molar-refractivity contribution in [3.8, 4) is 16.9 Å². The first-order valence-electron chi connectivity index (χ1n) is 12.1. The Balaban J connectivity index is 1.60. The number of nitrogens with zero attached hydrogens (tertiary/aromatic N) is 2. The highest BCUT2D eigenvalue weighted by Gasteiger charge is 2.19. The Morgan fingerprint density at radius 2 is 1.74 bits per heavy atom.